The van der Waals surface area contributed by atoms with Crippen LogP contribution >= 0.6 is 0 Å². The van der Waals surface area contributed by atoms with Crippen LogP contribution in [0.2, 0.25) is 0 Å². The lowest BCUT2D eigenvalue weighted by atomic mass is 9.95. The lowest BCUT2D eigenvalue weighted by Crippen LogP contribution is -2.41. The summed E-state index contributed by atoms with van der Waals surface area (Å²) in [5.74, 6) is 1.25. The number of piperidine rings is 1. The topological polar surface area (TPSA) is 107 Å². The van der Waals surface area contributed by atoms with E-state index in [1.54, 1.807) is 18.5 Å². The molecular formula is C19H22N6O2. The van der Waals surface area contributed by atoms with Crippen molar-refractivity contribution in [2.24, 2.45) is 5.92 Å². The number of hydrogen-bond acceptors (Lipinski definition) is 6. The number of anilines is 1. The maximum absolute atomic E-state index is 12.4. The molecule has 1 amide bonds. The summed E-state index contributed by atoms with van der Waals surface area (Å²) in [4.78, 5) is 30.4. The lowest BCUT2D eigenvalue weighted by Gasteiger charge is -2.32. The number of rotatable bonds is 5. The summed E-state index contributed by atoms with van der Waals surface area (Å²) in [6, 6.07) is 7.07. The summed E-state index contributed by atoms with van der Waals surface area (Å²) in [5, 5.41) is 12.3. The van der Waals surface area contributed by atoms with E-state index < -0.39 is 0 Å². The molecule has 0 atom stereocenters. The lowest BCUT2D eigenvalue weighted by molar-refractivity contribution is -0.125. The number of benzene rings is 1. The molecule has 0 saturated carbocycles. The average Bonchev–Trinajstić information content (AvgIpc) is 3.18. The third-order valence-electron chi connectivity index (χ3n) is 5.02. The highest BCUT2D eigenvalue weighted by molar-refractivity contribution is 5.83. The molecule has 0 bridgehead atoms. The molecule has 3 N–H and O–H groups in total. The SMILES string of the molecule is O=C(NCCc1ccc(O)cc1)C1CCN(c2ncnc3nc[nH]c23)CC1. The zero-order chi connectivity index (χ0) is 18.6. The highest BCUT2D eigenvalue weighted by Gasteiger charge is 2.26. The first-order chi connectivity index (χ1) is 13.2. The Morgan fingerprint density at radius 1 is 1.19 bits per heavy atom. The number of H-pyrrole nitrogens is 1. The molecule has 1 fully saturated rings. The van der Waals surface area contributed by atoms with Gasteiger partial charge >= 0.3 is 0 Å². The highest BCUT2D eigenvalue weighted by Crippen LogP contribution is 2.25. The normalized spacial score (nSPS) is 15.2. The molecule has 0 spiro atoms. The fourth-order valence-electron chi connectivity index (χ4n) is 3.48. The highest BCUT2D eigenvalue weighted by atomic mass is 16.3. The molecule has 8 nitrogen and oxygen atoms in total. The van der Waals surface area contributed by atoms with E-state index >= 15 is 0 Å². The minimum atomic E-state index is 0.0279. The smallest absolute Gasteiger partial charge is 0.223 e. The van der Waals surface area contributed by atoms with Gasteiger partial charge in [-0.1, -0.05) is 12.1 Å². The number of nitrogens with zero attached hydrogens (tertiary/aromatic N) is 4. The number of imidazole rings is 1. The van der Waals surface area contributed by atoms with E-state index in [2.05, 4.69) is 30.2 Å². The summed E-state index contributed by atoms with van der Waals surface area (Å²) >= 11 is 0. The van der Waals surface area contributed by atoms with E-state index in [4.69, 9.17) is 0 Å². The van der Waals surface area contributed by atoms with Crippen LogP contribution in [0.15, 0.2) is 36.9 Å². The second kappa shape index (κ2) is 7.61. The molecule has 1 aliphatic heterocycles. The molecule has 0 unspecified atom stereocenters. The van der Waals surface area contributed by atoms with E-state index in [0.717, 1.165) is 49.2 Å². The maximum atomic E-state index is 12.4. The van der Waals surface area contributed by atoms with Crippen LogP contribution in [-0.4, -0.2) is 50.6 Å². The molecule has 1 aliphatic rings. The van der Waals surface area contributed by atoms with Crippen molar-refractivity contribution >= 4 is 22.9 Å². The van der Waals surface area contributed by atoms with Crippen molar-refractivity contribution in [1.82, 2.24) is 25.3 Å². The monoisotopic (exact) mass is 366 g/mol. The molecule has 3 aromatic rings. The van der Waals surface area contributed by atoms with E-state index in [-0.39, 0.29) is 17.6 Å². The Bertz CT molecular complexity index is 915. The Morgan fingerprint density at radius 3 is 2.74 bits per heavy atom. The fourth-order valence-corrected chi connectivity index (χ4v) is 3.48. The number of aromatic hydroxyl groups is 1. The maximum Gasteiger partial charge on any atom is 0.223 e. The second-order valence-electron chi connectivity index (χ2n) is 6.77. The molecular weight excluding hydrogens is 344 g/mol. The third-order valence-corrected chi connectivity index (χ3v) is 5.02. The zero-order valence-electron chi connectivity index (χ0n) is 14.9. The van der Waals surface area contributed by atoms with Crippen LogP contribution in [0.3, 0.4) is 0 Å². The van der Waals surface area contributed by atoms with Gasteiger partial charge in [-0.05, 0) is 37.0 Å². The first-order valence-electron chi connectivity index (χ1n) is 9.15. The summed E-state index contributed by atoms with van der Waals surface area (Å²) in [6.45, 7) is 2.16. The van der Waals surface area contributed by atoms with Gasteiger partial charge in [0, 0.05) is 25.6 Å². The predicted octanol–water partition coefficient (Wildman–Crippen LogP) is 1.63. The van der Waals surface area contributed by atoms with Crippen LogP contribution in [0.1, 0.15) is 18.4 Å². The van der Waals surface area contributed by atoms with Crippen molar-refractivity contribution in [2.45, 2.75) is 19.3 Å². The van der Waals surface area contributed by atoms with Crippen molar-refractivity contribution in [2.75, 3.05) is 24.5 Å². The van der Waals surface area contributed by atoms with Crippen LogP contribution < -0.4 is 10.2 Å². The first kappa shape index (κ1) is 17.3. The minimum absolute atomic E-state index is 0.0279. The minimum Gasteiger partial charge on any atom is -0.508 e. The van der Waals surface area contributed by atoms with Gasteiger partial charge in [0.05, 0.1) is 6.33 Å². The van der Waals surface area contributed by atoms with Gasteiger partial charge in [0.2, 0.25) is 5.91 Å². The third kappa shape index (κ3) is 3.84. The quantitative estimate of drug-likeness (QED) is 0.634. The second-order valence-corrected chi connectivity index (χ2v) is 6.77. The van der Waals surface area contributed by atoms with Gasteiger partial charge < -0.3 is 20.3 Å². The van der Waals surface area contributed by atoms with Crippen LogP contribution in [0.5, 0.6) is 5.75 Å². The first-order valence-corrected chi connectivity index (χ1v) is 9.15. The van der Waals surface area contributed by atoms with Crippen LogP contribution in [0.4, 0.5) is 5.82 Å². The van der Waals surface area contributed by atoms with Crippen molar-refractivity contribution in [3.8, 4) is 5.75 Å². The van der Waals surface area contributed by atoms with Gasteiger partial charge in [0.25, 0.3) is 0 Å². The van der Waals surface area contributed by atoms with Crippen LogP contribution in [0, 0.1) is 5.92 Å². The van der Waals surface area contributed by atoms with Gasteiger partial charge in [0.15, 0.2) is 11.5 Å². The van der Waals surface area contributed by atoms with E-state index in [0.29, 0.717) is 12.2 Å². The number of aromatic nitrogens is 4. The van der Waals surface area contributed by atoms with Gasteiger partial charge in [-0.25, -0.2) is 15.0 Å². The summed E-state index contributed by atoms with van der Waals surface area (Å²) < 4.78 is 0. The van der Waals surface area contributed by atoms with Crippen molar-refractivity contribution in [3.63, 3.8) is 0 Å². The summed E-state index contributed by atoms with van der Waals surface area (Å²) in [5.41, 5.74) is 2.60. The molecule has 2 aromatic heterocycles. The van der Waals surface area contributed by atoms with Crippen LogP contribution in [0.25, 0.3) is 11.2 Å². The number of fused-ring (bicyclic) bond motifs is 1. The Hall–Kier alpha value is -3.16. The summed E-state index contributed by atoms with van der Waals surface area (Å²) in [6.07, 6.45) is 5.50. The largest absolute Gasteiger partial charge is 0.508 e. The molecule has 3 heterocycles. The van der Waals surface area contributed by atoms with E-state index in [1.807, 2.05) is 12.1 Å². The zero-order valence-corrected chi connectivity index (χ0v) is 14.9. The molecule has 1 aromatic carbocycles. The molecule has 140 valence electrons. The van der Waals surface area contributed by atoms with Gasteiger partial charge in [0.1, 0.15) is 17.6 Å². The number of phenolic OH excluding ortho intramolecular Hbond substituents is 1. The molecule has 8 heteroatoms. The van der Waals surface area contributed by atoms with Crippen molar-refractivity contribution < 1.29 is 9.90 Å². The Morgan fingerprint density at radius 2 is 1.96 bits per heavy atom. The number of carbonyl (C=O) groups excluding carboxylic acids is 1. The standard InChI is InChI=1S/C19H22N6O2/c26-15-3-1-13(2-4-15)5-8-20-19(27)14-6-9-25(10-7-14)18-16-17(22-11-21-16)23-12-24-18/h1-4,11-12,14,26H,5-10H2,(H,20,27)(H,21,22,23,24). The van der Waals surface area contributed by atoms with E-state index in [9.17, 15) is 9.90 Å². The Labute approximate surface area is 156 Å². The van der Waals surface area contributed by atoms with Gasteiger partial charge in [-0.3, -0.25) is 4.79 Å². The molecule has 1 saturated heterocycles. The number of aromatic amines is 1. The number of nitrogens with one attached hydrogen (secondary N) is 2. The predicted molar refractivity (Wildman–Crippen MR) is 101 cm³/mol. The molecule has 0 aliphatic carbocycles. The molecule has 0 radical (unpaired) electrons. The van der Waals surface area contributed by atoms with Crippen molar-refractivity contribution in [3.05, 3.63) is 42.5 Å². The van der Waals surface area contributed by atoms with Gasteiger partial charge in [-0.15, -0.1) is 0 Å². The fraction of sp³-hybridized carbons (Fsp3) is 0.368. The molecule has 27 heavy (non-hydrogen) atoms. The Balaban J connectivity index is 1.28. The summed E-state index contributed by atoms with van der Waals surface area (Å²) in [7, 11) is 0. The molecule has 4 rings (SSSR count). The number of hydrogen-bond donors (Lipinski definition) is 3. The van der Waals surface area contributed by atoms with Crippen molar-refractivity contribution in [1.29, 1.82) is 0 Å². The number of carbonyl (C=O) groups is 1. The van der Waals surface area contributed by atoms with Gasteiger partial charge in [-0.2, -0.15) is 0 Å². The average molecular weight is 366 g/mol. The Kier molecular flexibility index (Phi) is 4.86. The number of phenols is 1. The van der Waals surface area contributed by atoms with E-state index in [1.165, 1.54) is 6.33 Å². The van der Waals surface area contributed by atoms with Crippen LogP contribution in [-0.2, 0) is 11.2 Å². The number of amides is 1.